The Hall–Kier alpha value is -1.88. The van der Waals surface area contributed by atoms with Gasteiger partial charge in [0, 0.05) is 0 Å². The molecule has 0 spiro atoms. The number of ether oxygens (including phenoxy) is 1. The summed E-state index contributed by atoms with van der Waals surface area (Å²) in [7, 11) is 1.71. The van der Waals surface area contributed by atoms with E-state index >= 15 is 0 Å². The molecule has 20 heavy (non-hydrogen) atoms. The molecule has 2 unspecified atom stereocenters. The standard InChI is InChI=1S/C15H20N4O/c1-3-6-17-15-13-8-12(20-2)5-4-11(13)7-14(15)19-10-16-9-18-19/h4-5,8-10,14-15,17H,3,6-7H2,1-2H3. The largest absolute Gasteiger partial charge is 0.497 e. The Bertz CT molecular complexity index is 567. The predicted molar refractivity (Wildman–Crippen MR) is 76.8 cm³/mol. The Labute approximate surface area is 119 Å². The zero-order chi connectivity index (χ0) is 13.9. The molecule has 0 saturated carbocycles. The highest BCUT2D eigenvalue weighted by Gasteiger charge is 2.34. The van der Waals surface area contributed by atoms with Gasteiger partial charge in [0.15, 0.2) is 0 Å². The van der Waals surface area contributed by atoms with Crippen molar-refractivity contribution in [2.75, 3.05) is 13.7 Å². The van der Waals surface area contributed by atoms with Crippen LogP contribution in [-0.4, -0.2) is 28.4 Å². The molecule has 3 rings (SSSR count). The van der Waals surface area contributed by atoms with E-state index in [1.54, 1.807) is 19.8 Å². The van der Waals surface area contributed by atoms with Crippen molar-refractivity contribution in [1.29, 1.82) is 0 Å². The smallest absolute Gasteiger partial charge is 0.137 e. The third-order valence-corrected chi connectivity index (χ3v) is 3.89. The molecular formula is C15H20N4O. The average molecular weight is 272 g/mol. The van der Waals surface area contributed by atoms with E-state index in [0.29, 0.717) is 0 Å². The second-order valence-electron chi connectivity index (χ2n) is 5.14. The Morgan fingerprint density at radius 3 is 3.05 bits per heavy atom. The first kappa shape index (κ1) is 13.1. The van der Waals surface area contributed by atoms with E-state index < -0.39 is 0 Å². The predicted octanol–water partition coefficient (Wildman–Crippen LogP) is 2.12. The summed E-state index contributed by atoms with van der Waals surface area (Å²) in [4.78, 5) is 4.08. The van der Waals surface area contributed by atoms with Crippen LogP contribution in [0.15, 0.2) is 30.9 Å². The van der Waals surface area contributed by atoms with Gasteiger partial charge in [-0.05, 0) is 42.6 Å². The first-order chi connectivity index (χ1) is 9.83. The molecule has 1 aliphatic carbocycles. The SMILES string of the molecule is CCCNC1c2cc(OC)ccc2CC1n1cncn1. The number of fused-ring (bicyclic) bond motifs is 1. The van der Waals surface area contributed by atoms with Crippen LogP contribution in [0.3, 0.4) is 0 Å². The van der Waals surface area contributed by atoms with Crippen molar-refractivity contribution in [3.8, 4) is 5.75 Å². The lowest BCUT2D eigenvalue weighted by atomic mass is 10.1. The van der Waals surface area contributed by atoms with Crippen molar-refractivity contribution >= 4 is 0 Å². The Kier molecular flexibility index (Phi) is 3.69. The number of hydrogen-bond donors (Lipinski definition) is 1. The van der Waals surface area contributed by atoms with Crippen LogP contribution in [0.2, 0.25) is 0 Å². The van der Waals surface area contributed by atoms with E-state index in [1.807, 2.05) is 10.7 Å². The van der Waals surface area contributed by atoms with Crippen molar-refractivity contribution in [2.45, 2.75) is 31.8 Å². The van der Waals surface area contributed by atoms with Crippen LogP contribution < -0.4 is 10.1 Å². The van der Waals surface area contributed by atoms with Gasteiger partial charge in [0.2, 0.25) is 0 Å². The van der Waals surface area contributed by atoms with E-state index in [-0.39, 0.29) is 12.1 Å². The van der Waals surface area contributed by atoms with Crippen LogP contribution in [0.25, 0.3) is 0 Å². The summed E-state index contributed by atoms with van der Waals surface area (Å²) in [5.74, 6) is 0.909. The molecule has 0 bridgehead atoms. The van der Waals surface area contributed by atoms with Crippen LogP contribution in [0.5, 0.6) is 5.75 Å². The molecular weight excluding hydrogens is 252 g/mol. The van der Waals surface area contributed by atoms with Crippen LogP contribution >= 0.6 is 0 Å². The summed E-state index contributed by atoms with van der Waals surface area (Å²) in [6, 6.07) is 6.87. The fourth-order valence-corrected chi connectivity index (χ4v) is 2.91. The highest BCUT2D eigenvalue weighted by molar-refractivity contribution is 5.42. The molecule has 106 valence electrons. The van der Waals surface area contributed by atoms with Gasteiger partial charge in [0.05, 0.1) is 19.2 Å². The minimum Gasteiger partial charge on any atom is -0.497 e. The summed E-state index contributed by atoms with van der Waals surface area (Å²) < 4.78 is 7.31. The summed E-state index contributed by atoms with van der Waals surface area (Å²) in [5.41, 5.74) is 2.68. The second kappa shape index (κ2) is 5.63. The normalized spacial score (nSPS) is 20.9. The highest BCUT2D eigenvalue weighted by Crippen LogP contribution is 2.40. The molecule has 0 aliphatic heterocycles. The van der Waals surface area contributed by atoms with E-state index in [2.05, 4.69) is 34.5 Å². The lowest BCUT2D eigenvalue weighted by molar-refractivity contribution is 0.353. The van der Waals surface area contributed by atoms with Crippen LogP contribution in [0, 0.1) is 0 Å². The monoisotopic (exact) mass is 272 g/mol. The highest BCUT2D eigenvalue weighted by atomic mass is 16.5. The van der Waals surface area contributed by atoms with Crippen molar-refractivity contribution < 1.29 is 4.74 Å². The number of benzene rings is 1. The third-order valence-electron chi connectivity index (χ3n) is 3.89. The Morgan fingerprint density at radius 1 is 1.45 bits per heavy atom. The first-order valence-corrected chi connectivity index (χ1v) is 7.07. The summed E-state index contributed by atoms with van der Waals surface area (Å²) >= 11 is 0. The summed E-state index contributed by atoms with van der Waals surface area (Å²) in [5, 5.41) is 7.95. The summed E-state index contributed by atoms with van der Waals surface area (Å²) in [6.07, 6.45) is 5.48. The van der Waals surface area contributed by atoms with Gasteiger partial charge in [0.25, 0.3) is 0 Å². The first-order valence-electron chi connectivity index (χ1n) is 7.07. The fourth-order valence-electron chi connectivity index (χ4n) is 2.91. The molecule has 2 aromatic rings. The molecule has 0 saturated heterocycles. The van der Waals surface area contributed by atoms with Gasteiger partial charge in [-0.3, -0.25) is 0 Å². The maximum Gasteiger partial charge on any atom is 0.137 e. The molecule has 0 radical (unpaired) electrons. The molecule has 5 nitrogen and oxygen atoms in total. The van der Waals surface area contributed by atoms with Gasteiger partial charge < -0.3 is 10.1 Å². The van der Waals surface area contributed by atoms with Gasteiger partial charge in [0.1, 0.15) is 18.4 Å². The topological polar surface area (TPSA) is 52.0 Å². The number of nitrogens with one attached hydrogen (secondary N) is 1. The van der Waals surface area contributed by atoms with Crippen molar-refractivity contribution in [3.63, 3.8) is 0 Å². The zero-order valence-corrected chi connectivity index (χ0v) is 11.9. The molecule has 1 aromatic heterocycles. The molecule has 1 N–H and O–H groups in total. The number of methoxy groups -OCH3 is 1. The minimum atomic E-state index is 0.266. The lowest BCUT2D eigenvalue weighted by Crippen LogP contribution is -2.28. The molecule has 5 heteroatoms. The molecule has 0 amide bonds. The molecule has 1 heterocycles. The van der Waals surface area contributed by atoms with Gasteiger partial charge in [-0.1, -0.05) is 13.0 Å². The van der Waals surface area contributed by atoms with Crippen molar-refractivity contribution in [3.05, 3.63) is 42.0 Å². The summed E-state index contributed by atoms with van der Waals surface area (Å²) in [6.45, 7) is 3.17. The van der Waals surface area contributed by atoms with E-state index in [0.717, 1.165) is 25.1 Å². The van der Waals surface area contributed by atoms with Crippen molar-refractivity contribution in [1.82, 2.24) is 20.1 Å². The van der Waals surface area contributed by atoms with Crippen LogP contribution in [0.4, 0.5) is 0 Å². The van der Waals surface area contributed by atoms with Crippen molar-refractivity contribution in [2.24, 2.45) is 0 Å². The number of rotatable bonds is 5. The van der Waals surface area contributed by atoms with Crippen LogP contribution in [0.1, 0.15) is 36.6 Å². The number of hydrogen-bond acceptors (Lipinski definition) is 4. The van der Waals surface area contributed by atoms with Gasteiger partial charge >= 0.3 is 0 Å². The second-order valence-corrected chi connectivity index (χ2v) is 5.14. The molecule has 0 fully saturated rings. The van der Waals surface area contributed by atoms with E-state index in [4.69, 9.17) is 4.74 Å². The maximum atomic E-state index is 5.36. The van der Waals surface area contributed by atoms with Crippen LogP contribution in [-0.2, 0) is 6.42 Å². The van der Waals surface area contributed by atoms with Gasteiger partial charge in [-0.15, -0.1) is 0 Å². The quantitative estimate of drug-likeness (QED) is 0.906. The van der Waals surface area contributed by atoms with E-state index in [9.17, 15) is 0 Å². The van der Waals surface area contributed by atoms with Gasteiger partial charge in [-0.2, -0.15) is 5.10 Å². The minimum absolute atomic E-state index is 0.266. The van der Waals surface area contributed by atoms with E-state index in [1.165, 1.54) is 11.1 Å². The maximum absolute atomic E-state index is 5.36. The Balaban J connectivity index is 1.94. The number of nitrogens with zero attached hydrogens (tertiary/aromatic N) is 3. The van der Waals surface area contributed by atoms with Gasteiger partial charge in [-0.25, -0.2) is 9.67 Å². The zero-order valence-electron chi connectivity index (χ0n) is 11.9. The fraction of sp³-hybridized carbons (Fsp3) is 0.467. The lowest BCUT2D eigenvalue weighted by Gasteiger charge is -2.22. The average Bonchev–Trinajstić information content (AvgIpc) is 3.11. The number of aromatic nitrogens is 3. The molecule has 2 atom stereocenters. The Morgan fingerprint density at radius 2 is 2.35 bits per heavy atom. The molecule has 1 aromatic carbocycles. The molecule has 1 aliphatic rings. The third kappa shape index (κ3) is 2.29.